The predicted molar refractivity (Wildman–Crippen MR) is 58.3 cm³/mol. The van der Waals surface area contributed by atoms with Gasteiger partial charge in [0.2, 0.25) is 0 Å². The molecule has 0 N–H and O–H groups in total. The summed E-state index contributed by atoms with van der Waals surface area (Å²) in [6, 6.07) is 7.23. The second-order valence-electron chi connectivity index (χ2n) is 3.27. The zero-order valence-corrected chi connectivity index (χ0v) is 8.65. The van der Waals surface area contributed by atoms with Crippen molar-refractivity contribution in [1.29, 1.82) is 0 Å². The average molecular weight is 201 g/mol. The lowest BCUT2D eigenvalue weighted by Crippen LogP contribution is -1.96. The highest BCUT2D eigenvalue weighted by atomic mass is 16.5. The highest BCUT2D eigenvalue weighted by Gasteiger charge is 2.09. The van der Waals surface area contributed by atoms with Gasteiger partial charge in [-0.05, 0) is 25.1 Å². The van der Waals surface area contributed by atoms with Gasteiger partial charge in [0.1, 0.15) is 11.3 Å². The SMILES string of the molecule is COc1ccc(C(C)=O)c2cccnc12. The number of fused-ring (bicyclic) bond motifs is 1. The molecule has 2 rings (SSSR count). The van der Waals surface area contributed by atoms with Crippen LogP contribution < -0.4 is 4.74 Å². The van der Waals surface area contributed by atoms with Gasteiger partial charge in [-0.25, -0.2) is 0 Å². The maximum atomic E-state index is 11.4. The zero-order valence-electron chi connectivity index (χ0n) is 8.65. The quantitative estimate of drug-likeness (QED) is 0.700. The number of hydrogen-bond donors (Lipinski definition) is 0. The molecule has 1 aromatic heterocycles. The Morgan fingerprint density at radius 2 is 2.13 bits per heavy atom. The van der Waals surface area contributed by atoms with Crippen molar-refractivity contribution in [1.82, 2.24) is 4.98 Å². The van der Waals surface area contributed by atoms with Gasteiger partial charge in [0.15, 0.2) is 5.78 Å². The number of ketones is 1. The Kier molecular flexibility index (Phi) is 2.37. The van der Waals surface area contributed by atoms with E-state index in [4.69, 9.17) is 4.74 Å². The molecule has 0 aliphatic rings. The van der Waals surface area contributed by atoms with E-state index >= 15 is 0 Å². The maximum absolute atomic E-state index is 11.4. The summed E-state index contributed by atoms with van der Waals surface area (Å²) in [6.45, 7) is 1.55. The molecule has 0 amide bonds. The summed E-state index contributed by atoms with van der Waals surface area (Å²) in [5, 5.41) is 0.837. The normalized spacial score (nSPS) is 10.3. The molecule has 1 aromatic carbocycles. The van der Waals surface area contributed by atoms with E-state index in [0.717, 1.165) is 10.9 Å². The fraction of sp³-hybridized carbons (Fsp3) is 0.167. The highest BCUT2D eigenvalue weighted by molar-refractivity contribution is 6.07. The van der Waals surface area contributed by atoms with E-state index in [1.807, 2.05) is 12.1 Å². The number of ether oxygens (including phenoxy) is 1. The third-order valence-corrected chi connectivity index (χ3v) is 2.33. The summed E-state index contributed by atoms with van der Waals surface area (Å²) in [7, 11) is 1.59. The second-order valence-corrected chi connectivity index (χ2v) is 3.27. The standard InChI is InChI=1S/C12H11NO2/c1-8(14)9-5-6-11(15-2)12-10(9)4-3-7-13-12/h3-7H,1-2H3. The first kappa shape index (κ1) is 9.65. The molecular weight excluding hydrogens is 190 g/mol. The molecule has 0 unspecified atom stereocenters. The smallest absolute Gasteiger partial charge is 0.160 e. The number of benzene rings is 1. The van der Waals surface area contributed by atoms with E-state index in [9.17, 15) is 4.79 Å². The molecule has 0 saturated heterocycles. The molecule has 0 radical (unpaired) electrons. The fourth-order valence-corrected chi connectivity index (χ4v) is 1.62. The van der Waals surface area contributed by atoms with Crippen molar-refractivity contribution < 1.29 is 9.53 Å². The number of nitrogens with zero attached hydrogens (tertiary/aromatic N) is 1. The molecule has 1 heterocycles. The minimum atomic E-state index is 0.0376. The van der Waals surface area contributed by atoms with Crippen LogP contribution in [0, 0.1) is 0 Å². The first-order valence-corrected chi connectivity index (χ1v) is 4.66. The minimum absolute atomic E-state index is 0.0376. The van der Waals surface area contributed by atoms with Crippen LogP contribution in [0.5, 0.6) is 5.75 Å². The Morgan fingerprint density at radius 1 is 1.33 bits per heavy atom. The Morgan fingerprint density at radius 3 is 2.80 bits per heavy atom. The predicted octanol–water partition coefficient (Wildman–Crippen LogP) is 2.45. The Balaban J connectivity index is 2.83. The van der Waals surface area contributed by atoms with Crippen LogP contribution in [-0.2, 0) is 0 Å². The molecule has 0 atom stereocenters. The van der Waals surface area contributed by atoms with Gasteiger partial charge in [-0.2, -0.15) is 0 Å². The number of hydrogen-bond acceptors (Lipinski definition) is 3. The zero-order chi connectivity index (χ0) is 10.8. The van der Waals surface area contributed by atoms with E-state index in [2.05, 4.69) is 4.98 Å². The summed E-state index contributed by atoms with van der Waals surface area (Å²) >= 11 is 0. The van der Waals surface area contributed by atoms with E-state index in [-0.39, 0.29) is 5.78 Å². The summed E-state index contributed by atoms with van der Waals surface area (Å²) in [6.07, 6.45) is 1.69. The van der Waals surface area contributed by atoms with E-state index in [1.54, 1.807) is 32.4 Å². The van der Waals surface area contributed by atoms with Crippen LogP contribution in [0.3, 0.4) is 0 Å². The Labute approximate surface area is 87.7 Å². The summed E-state index contributed by atoms with van der Waals surface area (Å²) < 4.78 is 5.19. The Hall–Kier alpha value is -1.90. The number of carbonyl (C=O) groups is 1. The third kappa shape index (κ3) is 1.56. The lowest BCUT2D eigenvalue weighted by atomic mass is 10.1. The van der Waals surface area contributed by atoms with Crippen LogP contribution in [0.25, 0.3) is 10.9 Å². The minimum Gasteiger partial charge on any atom is -0.494 e. The van der Waals surface area contributed by atoms with Crippen molar-refractivity contribution in [2.24, 2.45) is 0 Å². The number of pyridine rings is 1. The van der Waals surface area contributed by atoms with E-state index in [0.29, 0.717) is 11.3 Å². The molecule has 0 aliphatic carbocycles. The molecule has 0 fully saturated rings. The van der Waals surface area contributed by atoms with Crippen molar-refractivity contribution in [3.8, 4) is 5.75 Å². The van der Waals surface area contributed by atoms with Crippen LogP contribution in [-0.4, -0.2) is 17.9 Å². The van der Waals surface area contributed by atoms with Gasteiger partial charge < -0.3 is 4.74 Å². The van der Waals surface area contributed by atoms with E-state index in [1.165, 1.54) is 0 Å². The van der Waals surface area contributed by atoms with Crippen molar-refractivity contribution in [2.45, 2.75) is 6.92 Å². The first-order chi connectivity index (χ1) is 7.24. The molecule has 0 saturated carbocycles. The van der Waals surface area contributed by atoms with Gasteiger partial charge >= 0.3 is 0 Å². The van der Waals surface area contributed by atoms with Gasteiger partial charge in [0.25, 0.3) is 0 Å². The Bertz CT molecular complexity index is 520. The number of rotatable bonds is 2. The van der Waals surface area contributed by atoms with Crippen LogP contribution in [0.4, 0.5) is 0 Å². The second kappa shape index (κ2) is 3.69. The summed E-state index contributed by atoms with van der Waals surface area (Å²) in [5.74, 6) is 0.728. The molecule has 0 bridgehead atoms. The molecular formula is C12H11NO2. The topological polar surface area (TPSA) is 39.2 Å². The molecule has 3 heteroatoms. The summed E-state index contributed by atoms with van der Waals surface area (Å²) in [5.41, 5.74) is 1.41. The van der Waals surface area contributed by atoms with Crippen molar-refractivity contribution >= 4 is 16.7 Å². The van der Waals surface area contributed by atoms with Gasteiger partial charge in [-0.1, -0.05) is 6.07 Å². The first-order valence-electron chi connectivity index (χ1n) is 4.66. The van der Waals surface area contributed by atoms with Crippen molar-refractivity contribution in [3.05, 3.63) is 36.0 Å². The van der Waals surface area contributed by atoms with Crippen molar-refractivity contribution in [2.75, 3.05) is 7.11 Å². The maximum Gasteiger partial charge on any atom is 0.160 e. The van der Waals surface area contributed by atoms with E-state index < -0.39 is 0 Å². The van der Waals surface area contributed by atoms with Crippen LogP contribution in [0.2, 0.25) is 0 Å². The lowest BCUT2D eigenvalue weighted by Gasteiger charge is -2.06. The summed E-state index contributed by atoms with van der Waals surface area (Å²) in [4.78, 5) is 15.6. The van der Waals surface area contributed by atoms with Gasteiger partial charge in [-0.3, -0.25) is 9.78 Å². The fourth-order valence-electron chi connectivity index (χ4n) is 1.62. The monoisotopic (exact) mass is 201 g/mol. The molecule has 15 heavy (non-hydrogen) atoms. The third-order valence-electron chi connectivity index (χ3n) is 2.33. The number of aromatic nitrogens is 1. The number of Topliss-reactive ketones (excluding diaryl/α,β-unsaturated/α-hetero) is 1. The highest BCUT2D eigenvalue weighted by Crippen LogP contribution is 2.26. The molecule has 3 nitrogen and oxygen atoms in total. The lowest BCUT2D eigenvalue weighted by molar-refractivity contribution is 0.101. The molecule has 0 aliphatic heterocycles. The van der Waals surface area contributed by atoms with Gasteiger partial charge in [-0.15, -0.1) is 0 Å². The van der Waals surface area contributed by atoms with Crippen LogP contribution >= 0.6 is 0 Å². The average Bonchev–Trinajstić information content (AvgIpc) is 2.27. The van der Waals surface area contributed by atoms with Gasteiger partial charge in [0, 0.05) is 17.1 Å². The van der Waals surface area contributed by atoms with Crippen LogP contribution in [0.15, 0.2) is 30.5 Å². The van der Waals surface area contributed by atoms with Gasteiger partial charge in [0.05, 0.1) is 7.11 Å². The molecule has 2 aromatic rings. The molecule has 76 valence electrons. The largest absolute Gasteiger partial charge is 0.494 e. The van der Waals surface area contributed by atoms with Crippen molar-refractivity contribution in [3.63, 3.8) is 0 Å². The molecule has 0 spiro atoms. The number of methoxy groups -OCH3 is 1. The van der Waals surface area contributed by atoms with Crippen LogP contribution in [0.1, 0.15) is 17.3 Å². The number of carbonyl (C=O) groups excluding carboxylic acids is 1.